The van der Waals surface area contributed by atoms with Gasteiger partial charge in [0.05, 0.1) is 6.61 Å². The number of ether oxygens (including phenoxy) is 1. The van der Waals surface area contributed by atoms with E-state index in [1.807, 2.05) is 36.4 Å². The van der Waals surface area contributed by atoms with Gasteiger partial charge in [0, 0.05) is 12.0 Å². The molecule has 6 nitrogen and oxygen atoms in total. The van der Waals surface area contributed by atoms with Gasteiger partial charge in [0.15, 0.2) is 0 Å². The molecule has 1 N–H and O–H groups in total. The molecule has 3 aromatic rings. The number of phenols is 1. The maximum Gasteiger partial charge on any atom is 0.306 e. The molecule has 0 saturated heterocycles. The zero-order valence-electron chi connectivity index (χ0n) is 19.7. The summed E-state index contributed by atoms with van der Waals surface area (Å²) in [5.41, 5.74) is 3.52. The number of carbonyl (C=O) groups is 1. The second-order valence-corrected chi connectivity index (χ2v) is 9.37. The van der Waals surface area contributed by atoms with Crippen LogP contribution >= 0.6 is 0 Å². The quantitative estimate of drug-likeness (QED) is 0.317. The second-order valence-electron chi connectivity index (χ2n) is 9.37. The first-order valence-corrected chi connectivity index (χ1v) is 11.6. The van der Waals surface area contributed by atoms with E-state index in [9.17, 15) is 9.90 Å². The smallest absolute Gasteiger partial charge is 0.306 e. The summed E-state index contributed by atoms with van der Waals surface area (Å²) in [6.45, 7) is 8.82. The van der Waals surface area contributed by atoms with Gasteiger partial charge in [0.25, 0.3) is 0 Å². The molecule has 0 fully saturated rings. The summed E-state index contributed by atoms with van der Waals surface area (Å²) in [7, 11) is 0. The minimum atomic E-state index is -0.277. The zero-order valence-corrected chi connectivity index (χ0v) is 19.7. The van der Waals surface area contributed by atoms with Crippen molar-refractivity contribution < 1.29 is 14.6 Å². The normalized spacial score (nSPS) is 11.8. The summed E-state index contributed by atoms with van der Waals surface area (Å²) < 4.78 is 5.40. The standard InChI is InChI=1S/C26H35N3O3/c1-5-6-7-8-11-16-32-24(30)15-14-19-17-20(26(2,3)4)25(31)23(18-19)29-27-21-12-9-10-13-22(21)28-29/h9-10,12-13,17-18,31H,5-8,11,14-16H2,1-4H3. The lowest BCUT2D eigenvalue weighted by Gasteiger charge is -2.23. The van der Waals surface area contributed by atoms with Crippen LogP contribution in [-0.4, -0.2) is 32.7 Å². The fourth-order valence-electron chi connectivity index (χ4n) is 3.72. The number of hydrogen-bond acceptors (Lipinski definition) is 5. The Bertz CT molecular complexity index is 1020. The number of benzene rings is 2. The van der Waals surface area contributed by atoms with Crippen molar-refractivity contribution >= 4 is 17.0 Å². The van der Waals surface area contributed by atoms with Gasteiger partial charge in [-0.25, -0.2) is 0 Å². The first-order valence-electron chi connectivity index (χ1n) is 11.6. The van der Waals surface area contributed by atoms with Crippen LogP contribution in [0, 0.1) is 0 Å². The van der Waals surface area contributed by atoms with Crippen molar-refractivity contribution in [2.45, 2.75) is 78.1 Å². The highest BCUT2D eigenvalue weighted by Crippen LogP contribution is 2.36. The summed E-state index contributed by atoms with van der Waals surface area (Å²) in [5.74, 6) is -0.0217. The van der Waals surface area contributed by atoms with E-state index in [0.29, 0.717) is 25.1 Å². The molecule has 2 aromatic carbocycles. The molecule has 3 rings (SSSR count). The summed E-state index contributed by atoms with van der Waals surface area (Å²) in [4.78, 5) is 13.7. The molecule has 1 aromatic heterocycles. The molecular weight excluding hydrogens is 402 g/mol. The highest BCUT2D eigenvalue weighted by Gasteiger charge is 2.23. The molecule has 6 heteroatoms. The molecule has 0 unspecified atom stereocenters. The van der Waals surface area contributed by atoms with E-state index < -0.39 is 0 Å². The Hall–Kier alpha value is -2.89. The van der Waals surface area contributed by atoms with Crippen molar-refractivity contribution in [3.8, 4) is 11.4 Å². The van der Waals surface area contributed by atoms with Gasteiger partial charge in [0.2, 0.25) is 0 Å². The fourth-order valence-corrected chi connectivity index (χ4v) is 3.72. The van der Waals surface area contributed by atoms with Crippen LogP contribution in [0.4, 0.5) is 0 Å². The molecule has 0 bridgehead atoms. The first-order chi connectivity index (χ1) is 15.3. The van der Waals surface area contributed by atoms with Crippen LogP contribution < -0.4 is 0 Å². The highest BCUT2D eigenvalue weighted by atomic mass is 16.5. The van der Waals surface area contributed by atoms with Gasteiger partial charge in [-0.05, 0) is 42.0 Å². The molecule has 0 saturated carbocycles. The van der Waals surface area contributed by atoms with Gasteiger partial charge < -0.3 is 9.84 Å². The highest BCUT2D eigenvalue weighted by molar-refractivity contribution is 5.74. The Morgan fingerprint density at radius 2 is 1.69 bits per heavy atom. The number of phenolic OH excluding ortho intramolecular Hbond substituents is 1. The SMILES string of the molecule is CCCCCCCOC(=O)CCc1cc(-n2nc3ccccc3n2)c(O)c(C(C)(C)C)c1. The van der Waals surface area contributed by atoms with E-state index in [4.69, 9.17) is 4.74 Å². The van der Waals surface area contributed by atoms with E-state index in [0.717, 1.165) is 35.0 Å². The van der Waals surface area contributed by atoms with Crippen molar-refractivity contribution in [1.82, 2.24) is 15.0 Å². The number of nitrogens with zero attached hydrogens (tertiary/aromatic N) is 3. The number of hydrogen-bond donors (Lipinski definition) is 1. The van der Waals surface area contributed by atoms with Gasteiger partial charge in [-0.15, -0.1) is 15.0 Å². The van der Waals surface area contributed by atoms with Crippen LogP contribution in [0.1, 0.15) is 77.3 Å². The summed E-state index contributed by atoms with van der Waals surface area (Å²) in [6, 6.07) is 11.4. The van der Waals surface area contributed by atoms with Crippen molar-refractivity contribution in [2.24, 2.45) is 0 Å². The van der Waals surface area contributed by atoms with Crippen LogP contribution in [0.15, 0.2) is 36.4 Å². The predicted molar refractivity (Wildman–Crippen MR) is 127 cm³/mol. The minimum absolute atomic E-state index is 0.163. The van der Waals surface area contributed by atoms with Gasteiger partial charge in [0.1, 0.15) is 22.5 Å². The van der Waals surface area contributed by atoms with Crippen molar-refractivity contribution in [2.75, 3.05) is 6.61 Å². The first kappa shape index (κ1) is 23.8. The van der Waals surface area contributed by atoms with Crippen LogP contribution in [-0.2, 0) is 21.4 Å². The van der Waals surface area contributed by atoms with Crippen molar-refractivity contribution in [3.05, 3.63) is 47.5 Å². The maximum atomic E-state index is 12.2. The Balaban J connectivity index is 1.75. The molecular formula is C26H35N3O3. The molecule has 32 heavy (non-hydrogen) atoms. The number of aryl methyl sites for hydroxylation is 1. The number of esters is 1. The maximum absolute atomic E-state index is 12.2. The number of aromatic hydroxyl groups is 1. The predicted octanol–water partition coefficient (Wildman–Crippen LogP) is 5.87. The van der Waals surface area contributed by atoms with E-state index in [1.54, 1.807) is 0 Å². The van der Waals surface area contributed by atoms with E-state index in [-0.39, 0.29) is 17.1 Å². The number of unbranched alkanes of at least 4 members (excludes halogenated alkanes) is 4. The van der Waals surface area contributed by atoms with Crippen LogP contribution in [0.5, 0.6) is 5.75 Å². The van der Waals surface area contributed by atoms with E-state index >= 15 is 0 Å². The van der Waals surface area contributed by atoms with E-state index in [1.165, 1.54) is 24.1 Å². The number of carbonyl (C=O) groups excluding carboxylic acids is 1. The molecule has 172 valence electrons. The molecule has 0 aliphatic rings. The molecule has 0 atom stereocenters. The fraction of sp³-hybridized carbons (Fsp3) is 0.500. The third-order valence-corrected chi connectivity index (χ3v) is 5.59. The van der Waals surface area contributed by atoms with Crippen LogP contribution in [0.25, 0.3) is 16.7 Å². The summed E-state index contributed by atoms with van der Waals surface area (Å²) >= 11 is 0. The lowest BCUT2D eigenvalue weighted by atomic mass is 9.84. The molecule has 0 amide bonds. The Kier molecular flexibility index (Phi) is 7.89. The zero-order chi connectivity index (χ0) is 23.1. The van der Waals surface area contributed by atoms with Crippen molar-refractivity contribution in [1.29, 1.82) is 0 Å². The Morgan fingerprint density at radius 1 is 1.03 bits per heavy atom. The lowest BCUT2D eigenvalue weighted by molar-refractivity contribution is -0.143. The lowest BCUT2D eigenvalue weighted by Crippen LogP contribution is -2.14. The monoisotopic (exact) mass is 437 g/mol. The largest absolute Gasteiger partial charge is 0.505 e. The van der Waals surface area contributed by atoms with Gasteiger partial charge >= 0.3 is 5.97 Å². The third-order valence-electron chi connectivity index (χ3n) is 5.59. The number of aromatic nitrogens is 3. The van der Waals surface area contributed by atoms with Crippen LogP contribution in [0.2, 0.25) is 0 Å². The molecule has 0 spiro atoms. The van der Waals surface area contributed by atoms with Gasteiger partial charge in [-0.3, -0.25) is 4.79 Å². The average molecular weight is 438 g/mol. The number of fused-ring (bicyclic) bond motifs is 1. The molecule has 0 radical (unpaired) electrons. The molecule has 0 aliphatic heterocycles. The Labute approximate surface area is 190 Å². The number of rotatable bonds is 10. The average Bonchev–Trinajstić information content (AvgIpc) is 3.18. The van der Waals surface area contributed by atoms with Gasteiger partial charge in [-0.2, -0.15) is 0 Å². The van der Waals surface area contributed by atoms with Crippen LogP contribution in [0.3, 0.4) is 0 Å². The van der Waals surface area contributed by atoms with Gasteiger partial charge in [-0.1, -0.05) is 71.6 Å². The Morgan fingerprint density at radius 3 is 2.31 bits per heavy atom. The topological polar surface area (TPSA) is 77.2 Å². The molecule has 0 aliphatic carbocycles. The van der Waals surface area contributed by atoms with E-state index in [2.05, 4.69) is 37.9 Å². The third kappa shape index (κ3) is 6.09. The minimum Gasteiger partial charge on any atom is -0.505 e. The second kappa shape index (κ2) is 10.6. The summed E-state index contributed by atoms with van der Waals surface area (Å²) in [6.07, 6.45) is 6.48. The molecule has 1 heterocycles. The van der Waals surface area contributed by atoms with Crippen molar-refractivity contribution in [3.63, 3.8) is 0 Å². The summed E-state index contributed by atoms with van der Waals surface area (Å²) in [5, 5.41) is 20.1.